The highest BCUT2D eigenvalue weighted by molar-refractivity contribution is 7.98. The van der Waals surface area contributed by atoms with Crippen LogP contribution in [0.15, 0.2) is 37.3 Å². The zero-order chi connectivity index (χ0) is 20.5. The van der Waals surface area contributed by atoms with Crippen LogP contribution in [-0.4, -0.2) is 19.7 Å². The van der Waals surface area contributed by atoms with Crippen molar-refractivity contribution in [3.63, 3.8) is 0 Å². The monoisotopic (exact) mass is 442 g/mol. The lowest BCUT2D eigenvalue weighted by molar-refractivity contribution is 0.384. The third-order valence-corrected chi connectivity index (χ3v) is 7.39. The van der Waals surface area contributed by atoms with Gasteiger partial charge in [-0.05, 0) is 49.8 Å². The van der Waals surface area contributed by atoms with E-state index in [-0.39, 0.29) is 5.56 Å². The number of aryl methyl sites for hydroxylation is 3. The molecule has 7 nitrogen and oxygen atoms in total. The molecule has 0 unspecified atom stereocenters. The van der Waals surface area contributed by atoms with Gasteiger partial charge < -0.3 is 8.94 Å². The lowest BCUT2D eigenvalue weighted by Crippen LogP contribution is -2.24. The van der Waals surface area contributed by atoms with E-state index in [1.165, 1.54) is 28.6 Å². The van der Waals surface area contributed by atoms with Gasteiger partial charge in [0, 0.05) is 11.3 Å². The van der Waals surface area contributed by atoms with Crippen molar-refractivity contribution in [2.45, 2.75) is 62.9 Å². The van der Waals surface area contributed by atoms with Crippen LogP contribution in [0.4, 0.5) is 0 Å². The smallest absolute Gasteiger partial charge is 0.263 e. The number of rotatable bonds is 7. The summed E-state index contributed by atoms with van der Waals surface area (Å²) in [5, 5.41) is 5.45. The van der Waals surface area contributed by atoms with Crippen LogP contribution in [0, 0.1) is 0 Å². The Morgan fingerprint density at radius 1 is 1.27 bits per heavy atom. The molecule has 0 saturated heterocycles. The molecule has 0 amide bonds. The second kappa shape index (κ2) is 8.39. The summed E-state index contributed by atoms with van der Waals surface area (Å²) >= 11 is 3.11. The summed E-state index contributed by atoms with van der Waals surface area (Å²) in [7, 11) is 0. The lowest BCUT2D eigenvalue weighted by Gasteiger charge is -2.12. The predicted octanol–water partition coefficient (Wildman–Crippen LogP) is 4.61. The van der Waals surface area contributed by atoms with Gasteiger partial charge in [-0.1, -0.05) is 23.8 Å². The molecule has 30 heavy (non-hydrogen) atoms. The van der Waals surface area contributed by atoms with E-state index in [9.17, 15) is 4.79 Å². The molecule has 4 heterocycles. The predicted molar refractivity (Wildman–Crippen MR) is 116 cm³/mol. The molecule has 4 aromatic heterocycles. The van der Waals surface area contributed by atoms with Crippen molar-refractivity contribution in [3.05, 3.63) is 56.7 Å². The van der Waals surface area contributed by atoms with Crippen LogP contribution in [0.5, 0.6) is 0 Å². The summed E-state index contributed by atoms with van der Waals surface area (Å²) in [4.78, 5) is 25.0. The Balaban J connectivity index is 1.53. The fourth-order valence-corrected chi connectivity index (χ4v) is 5.97. The Morgan fingerprint density at radius 3 is 3.00 bits per heavy atom. The molecule has 0 spiro atoms. The van der Waals surface area contributed by atoms with Crippen LogP contribution in [-0.2, 0) is 31.6 Å². The Bertz CT molecular complexity index is 1220. The van der Waals surface area contributed by atoms with Gasteiger partial charge in [0.2, 0.25) is 5.89 Å². The topological polar surface area (TPSA) is 87.0 Å². The van der Waals surface area contributed by atoms with Crippen LogP contribution in [0.3, 0.4) is 0 Å². The molecule has 5 rings (SSSR count). The van der Waals surface area contributed by atoms with Gasteiger partial charge in [0.15, 0.2) is 11.0 Å². The largest absolute Gasteiger partial charge is 0.467 e. The molecule has 0 aromatic carbocycles. The number of nitrogens with zero attached hydrogens (tertiary/aromatic N) is 4. The van der Waals surface area contributed by atoms with Gasteiger partial charge in [-0.3, -0.25) is 9.36 Å². The van der Waals surface area contributed by atoms with Crippen molar-refractivity contribution in [2.24, 2.45) is 0 Å². The van der Waals surface area contributed by atoms with Crippen molar-refractivity contribution in [1.82, 2.24) is 19.7 Å². The Labute approximate surface area is 181 Å². The average molecular weight is 443 g/mol. The van der Waals surface area contributed by atoms with Crippen LogP contribution in [0.2, 0.25) is 0 Å². The summed E-state index contributed by atoms with van der Waals surface area (Å²) in [5.41, 5.74) is 1.21. The number of hydrogen-bond acceptors (Lipinski definition) is 8. The summed E-state index contributed by atoms with van der Waals surface area (Å²) in [6, 6.07) is 3.71. The van der Waals surface area contributed by atoms with Crippen LogP contribution < -0.4 is 5.56 Å². The summed E-state index contributed by atoms with van der Waals surface area (Å²) < 4.78 is 12.6. The van der Waals surface area contributed by atoms with Gasteiger partial charge in [-0.2, -0.15) is 4.98 Å². The number of furan rings is 1. The first-order chi connectivity index (χ1) is 14.7. The number of fused-ring (bicyclic) bond motifs is 3. The van der Waals surface area contributed by atoms with Gasteiger partial charge in [0.25, 0.3) is 5.56 Å². The molecule has 0 aliphatic heterocycles. The van der Waals surface area contributed by atoms with Crippen LogP contribution in [0.25, 0.3) is 10.2 Å². The molecule has 156 valence electrons. The normalized spacial score (nSPS) is 13.8. The molecule has 1 aliphatic carbocycles. The summed E-state index contributed by atoms with van der Waals surface area (Å²) in [6.45, 7) is 2.44. The van der Waals surface area contributed by atoms with Gasteiger partial charge in [0.05, 0.1) is 23.9 Å². The SMILES string of the molecule is CCCc1noc(CSc2nc3sc4c(c3c(=O)n2Cc2ccco2)CCCC4)n1. The van der Waals surface area contributed by atoms with Crippen molar-refractivity contribution < 1.29 is 8.94 Å². The Morgan fingerprint density at radius 2 is 2.17 bits per heavy atom. The van der Waals surface area contributed by atoms with Crippen LogP contribution >= 0.6 is 23.1 Å². The van der Waals surface area contributed by atoms with E-state index in [0.29, 0.717) is 23.3 Å². The van der Waals surface area contributed by atoms with Crippen molar-refractivity contribution in [2.75, 3.05) is 0 Å². The second-order valence-corrected chi connectivity index (χ2v) is 9.43. The van der Waals surface area contributed by atoms with Crippen LogP contribution in [0.1, 0.15) is 54.1 Å². The van der Waals surface area contributed by atoms with Crippen molar-refractivity contribution in [3.8, 4) is 0 Å². The van der Waals surface area contributed by atoms with E-state index in [1.807, 2.05) is 12.1 Å². The number of aromatic nitrogens is 4. The Kier molecular flexibility index (Phi) is 5.47. The van der Waals surface area contributed by atoms with Gasteiger partial charge in [-0.25, -0.2) is 4.98 Å². The summed E-state index contributed by atoms with van der Waals surface area (Å²) in [6.07, 6.45) is 7.70. The number of hydrogen-bond donors (Lipinski definition) is 0. The average Bonchev–Trinajstić information content (AvgIpc) is 3.48. The maximum Gasteiger partial charge on any atom is 0.263 e. The molecule has 0 bridgehead atoms. The second-order valence-electron chi connectivity index (χ2n) is 7.40. The minimum atomic E-state index is 0.00972. The van der Waals surface area contributed by atoms with E-state index < -0.39 is 0 Å². The van der Waals surface area contributed by atoms with Gasteiger partial charge >= 0.3 is 0 Å². The first kappa shape index (κ1) is 19.6. The van der Waals surface area contributed by atoms with E-state index >= 15 is 0 Å². The highest BCUT2D eigenvalue weighted by atomic mass is 32.2. The molecular formula is C21H22N4O3S2. The third-order valence-electron chi connectivity index (χ3n) is 5.24. The van der Waals surface area contributed by atoms with Crippen molar-refractivity contribution in [1.29, 1.82) is 0 Å². The molecule has 0 radical (unpaired) electrons. The van der Waals surface area contributed by atoms with Gasteiger partial charge in [-0.15, -0.1) is 11.3 Å². The Hall–Kier alpha value is -2.39. The first-order valence-corrected chi connectivity index (χ1v) is 12.0. The standard InChI is InChI=1S/C21H22N4O3S2/c1-2-6-16-22-17(28-24-16)12-29-21-23-19-18(14-8-3-4-9-15(14)30-19)20(26)25(21)11-13-7-5-10-27-13/h5,7,10H,2-4,6,8-9,11-12H2,1H3. The maximum atomic E-state index is 13.5. The highest BCUT2D eigenvalue weighted by Crippen LogP contribution is 2.35. The molecule has 0 atom stereocenters. The lowest BCUT2D eigenvalue weighted by atomic mass is 9.97. The molecule has 0 saturated carbocycles. The minimum Gasteiger partial charge on any atom is -0.467 e. The fraction of sp³-hybridized carbons (Fsp3) is 0.429. The maximum absolute atomic E-state index is 13.5. The van der Waals surface area contributed by atoms with E-state index in [2.05, 4.69) is 17.1 Å². The molecule has 9 heteroatoms. The van der Waals surface area contributed by atoms with Gasteiger partial charge in [0.1, 0.15) is 10.6 Å². The zero-order valence-electron chi connectivity index (χ0n) is 16.7. The zero-order valence-corrected chi connectivity index (χ0v) is 18.4. The number of thioether (sulfide) groups is 1. The van der Waals surface area contributed by atoms with E-state index in [0.717, 1.165) is 53.9 Å². The molecule has 1 aliphatic rings. The number of thiophene rings is 1. The van der Waals surface area contributed by atoms with E-state index in [4.69, 9.17) is 13.9 Å². The summed E-state index contributed by atoms with van der Waals surface area (Å²) in [5.74, 6) is 2.47. The van der Waals surface area contributed by atoms with Crippen molar-refractivity contribution >= 4 is 33.3 Å². The minimum absolute atomic E-state index is 0.00972. The molecule has 0 fully saturated rings. The van der Waals surface area contributed by atoms with E-state index in [1.54, 1.807) is 22.2 Å². The highest BCUT2D eigenvalue weighted by Gasteiger charge is 2.23. The fourth-order valence-electron chi connectivity index (χ4n) is 3.83. The quantitative estimate of drug-likeness (QED) is 0.305. The third kappa shape index (κ3) is 3.72. The molecular weight excluding hydrogens is 420 g/mol. The first-order valence-electron chi connectivity index (χ1n) is 10.2. The molecule has 4 aromatic rings. The molecule has 0 N–H and O–H groups in total.